The van der Waals surface area contributed by atoms with Crippen molar-refractivity contribution in [3.05, 3.63) is 27.5 Å². The summed E-state index contributed by atoms with van der Waals surface area (Å²) in [6.07, 6.45) is -2.78. The first kappa shape index (κ1) is 10.2. The molecule has 6 heteroatoms. The van der Waals surface area contributed by atoms with Gasteiger partial charge in [-0.1, -0.05) is 23.2 Å². The molecule has 0 radical (unpaired) electrons. The van der Waals surface area contributed by atoms with E-state index < -0.39 is 12.0 Å². The van der Waals surface area contributed by atoms with Crippen LogP contribution in [0.25, 0.3) is 0 Å². The van der Waals surface area contributed by atoms with Crippen molar-refractivity contribution in [2.75, 3.05) is 0 Å². The molecule has 0 fully saturated rings. The van der Waals surface area contributed by atoms with Gasteiger partial charge in [0.05, 0.1) is 5.56 Å². The summed E-state index contributed by atoms with van der Waals surface area (Å²) in [6, 6.07) is 2.47. The van der Waals surface area contributed by atoms with Gasteiger partial charge in [0.2, 0.25) is 0 Å². The monoisotopic (exact) mass is 222 g/mol. The van der Waals surface area contributed by atoms with Crippen molar-refractivity contribution in [2.24, 2.45) is 0 Å². The van der Waals surface area contributed by atoms with Gasteiger partial charge in [-0.15, -0.1) is 0 Å². The number of nitrogens with zero attached hydrogens (tertiary/aromatic N) is 2. The normalized spacial score (nSPS) is 10.2. The van der Waals surface area contributed by atoms with E-state index in [1.165, 1.54) is 6.07 Å². The van der Waals surface area contributed by atoms with Gasteiger partial charge in [-0.2, -0.15) is 5.26 Å². The number of aromatic nitrogens is 1. The van der Waals surface area contributed by atoms with E-state index in [4.69, 9.17) is 28.5 Å². The minimum absolute atomic E-state index is 0.153. The fourth-order valence-electron chi connectivity index (χ4n) is 0.784. The van der Waals surface area contributed by atoms with Crippen LogP contribution in [0.2, 0.25) is 10.3 Å². The second kappa shape index (κ2) is 3.86. The third kappa shape index (κ3) is 2.06. The Labute approximate surface area is 82.7 Å². The topological polar surface area (TPSA) is 36.7 Å². The Balaban J connectivity index is 3.41. The maximum absolute atomic E-state index is 12.3. The van der Waals surface area contributed by atoms with E-state index in [1.807, 2.05) is 0 Å². The van der Waals surface area contributed by atoms with Gasteiger partial charge < -0.3 is 0 Å². The highest BCUT2D eigenvalue weighted by atomic mass is 35.5. The summed E-state index contributed by atoms with van der Waals surface area (Å²) in [5, 5.41) is 8.03. The maximum Gasteiger partial charge on any atom is 0.265 e. The van der Waals surface area contributed by atoms with Gasteiger partial charge in [0.25, 0.3) is 6.43 Å². The first-order valence-electron chi connectivity index (χ1n) is 3.10. The molecule has 0 saturated heterocycles. The lowest BCUT2D eigenvalue weighted by molar-refractivity contribution is 0.151. The average molecular weight is 223 g/mol. The molecule has 0 N–H and O–H groups in total. The number of pyridine rings is 1. The molecule has 1 aromatic heterocycles. The molecule has 0 atom stereocenters. The Bertz CT molecular complexity index is 373. The van der Waals surface area contributed by atoms with Gasteiger partial charge in [0.1, 0.15) is 16.4 Å². The second-order valence-electron chi connectivity index (χ2n) is 2.11. The summed E-state index contributed by atoms with van der Waals surface area (Å²) < 4.78 is 24.6. The molecule has 68 valence electrons. The summed E-state index contributed by atoms with van der Waals surface area (Å²) in [7, 11) is 0. The van der Waals surface area contributed by atoms with Gasteiger partial charge in [0, 0.05) is 5.56 Å². The third-order valence-corrected chi connectivity index (χ3v) is 1.79. The molecule has 0 aliphatic carbocycles. The van der Waals surface area contributed by atoms with E-state index in [2.05, 4.69) is 4.98 Å². The lowest BCUT2D eigenvalue weighted by Crippen LogP contribution is -1.94. The predicted molar refractivity (Wildman–Crippen MR) is 43.9 cm³/mol. The number of hydrogen-bond acceptors (Lipinski definition) is 2. The molecular weight excluding hydrogens is 221 g/mol. The van der Waals surface area contributed by atoms with Gasteiger partial charge in [0.15, 0.2) is 0 Å². The first-order chi connectivity index (χ1) is 6.06. The fourth-order valence-corrected chi connectivity index (χ4v) is 1.27. The van der Waals surface area contributed by atoms with Crippen LogP contribution in [-0.2, 0) is 0 Å². The van der Waals surface area contributed by atoms with Crippen molar-refractivity contribution in [1.29, 1.82) is 5.26 Å². The van der Waals surface area contributed by atoms with Crippen LogP contribution < -0.4 is 0 Å². The summed E-state index contributed by atoms with van der Waals surface area (Å²) in [5.41, 5.74) is -0.825. The molecule has 0 bridgehead atoms. The molecule has 0 saturated carbocycles. The first-order valence-corrected chi connectivity index (χ1v) is 3.86. The predicted octanol–water partition coefficient (Wildman–Crippen LogP) is 3.20. The molecule has 1 heterocycles. The molecule has 0 aromatic carbocycles. The Kier molecular flexibility index (Phi) is 3.02. The fraction of sp³-hybridized carbons (Fsp3) is 0.143. The summed E-state index contributed by atoms with van der Waals surface area (Å²) in [6.45, 7) is 0. The molecule has 0 amide bonds. The maximum atomic E-state index is 12.3. The van der Waals surface area contributed by atoms with Crippen molar-refractivity contribution < 1.29 is 8.78 Å². The van der Waals surface area contributed by atoms with Crippen molar-refractivity contribution in [3.63, 3.8) is 0 Å². The van der Waals surface area contributed by atoms with Crippen LogP contribution in [-0.4, -0.2) is 4.98 Å². The Morgan fingerprint density at radius 1 is 1.46 bits per heavy atom. The minimum Gasteiger partial charge on any atom is -0.223 e. The minimum atomic E-state index is -2.78. The highest BCUT2D eigenvalue weighted by molar-refractivity contribution is 6.33. The van der Waals surface area contributed by atoms with Crippen molar-refractivity contribution in [2.45, 2.75) is 6.43 Å². The van der Waals surface area contributed by atoms with Gasteiger partial charge in [-0.25, -0.2) is 13.8 Å². The Hall–Kier alpha value is -0.920. The zero-order chi connectivity index (χ0) is 10.0. The lowest BCUT2D eigenvalue weighted by Gasteiger charge is -2.03. The molecule has 1 aromatic rings. The summed E-state index contributed by atoms with van der Waals surface area (Å²) in [5.74, 6) is 0. The molecular formula is C7H2Cl2F2N2. The number of alkyl halides is 2. The van der Waals surface area contributed by atoms with Crippen LogP contribution in [0, 0.1) is 11.3 Å². The van der Waals surface area contributed by atoms with Gasteiger partial charge >= 0.3 is 0 Å². The average Bonchev–Trinajstić information content (AvgIpc) is 2.02. The number of nitriles is 1. The Morgan fingerprint density at radius 3 is 2.54 bits per heavy atom. The summed E-state index contributed by atoms with van der Waals surface area (Å²) in [4.78, 5) is 3.46. The van der Waals surface area contributed by atoms with E-state index in [0.29, 0.717) is 0 Å². The largest absolute Gasteiger partial charge is 0.265 e. The molecule has 0 aliphatic heterocycles. The third-order valence-electron chi connectivity index (χ3n) is 1.32. The molecule has 2 nitrogen and oxygen atoms in total. The zero-order valence-electron chi connectivity index (χ0n) is 6.06. The van der Waals surface area contributed by atoms with Gasteiger partial charge in [-0.3, -0.25) is 0 Å². The molecule has 0 spiro atoms. The van der Waals surface area contributed by atoms with E-state index in [9.17, 15) is 8.78 Å². The molecule has 1 rings (SSSR count). The molecule has 0 unspecified atom stereocenters. The van der Waals surface area contributed by atoms with Crippen molar-refractivity contribution >= 4 is 23.2 Å². The highest BCUT2D eigenvalue weighted by Gasteiger charge is 2.17. The van der Waals surface area contributed by atoms with E-state index in [0.717, 1.165) is 6.07 Å². The quantitative estimate of drug-likeness (QED) is 0.685. The summed E-state index contributed by atoms with van der Waals surface area (Å²) >= 11 is 10.8. The van der Waals surface area contributed by atoms with E-state index >= 15 is 0 Å². The van der Waals surface area contributed by atoms with E-state index in [1.54, 1.807) is 0 Å². The smallest absolute Gasteiger partial charge is 0.223 e. The van der Waals surface area contributed by atoms with Crippen LogP contribution in [0.1, 0.15) is 17.6 Å². The second-order valence-corrected chi connectivity index (χ2v) is 2.86. The van der Waals surface area contributed by atoms with Crippen LogP contribution in [0.4, 0.5) is 8.78 Å². The van der Waals surface area contributed by atoms with Crippen LogP contribution in [0.5, 0.6) is 0 Å². The molecule has 13 heavy (non-hydrogen) atoms. The number of hydrogen-bond donors (Lipinski definition) is 0. The van der Waals surface area contributed by atoms with Crippen LogP contribution >= 0.6 is 23.2 Å². The van der Waals surface area contributed by atoms with E-state index in [-0.39, 0.29) is 15.9 Å². The Morgan fingerprint density at radius 2 is 2.08 bits per heavy atom. The lowest BCUT2D eigenvalue weighted by atomic mass is 10.1. The SMILES string of the molecule is N#Cc1c(C(F)F)cc(Cl)nc1Cl. The molecule has 0 aliphatic rings. The van der Waals surface area contributed by atoms with Gasteiger partial charge in [-0.05, 0) is 6.07 Å². The number of halogens is 4. The van der Waals surface area contributed by atoms with Crippen LogP contribution in [0.3, 0.4) is 0 Å². The van der Waals surface area contributed by atoms with Crippen molar-refractivity contribution in [3.8, 4) is 6.07 Å². The van der Waals surface area contributed by atoms with Crippen molar-refractivity contribution in [1.82, 2.24) is 4.98 Å². The number of rotatable bonds is 1. The highest BCUT2D eigenvalue weighted by Crippen LogP contribution is 2.28. The standard InChI is InChI=1S/C7H2Cl2F2N2/c8-5-1-3(7(10)11)4(2-12)6(9)13-5/h1,7H. The van der Waals surface area contributed by atoms with Crippen LogP contribution in [0.15, 0.2) is 6.07 Å². The zero-order valence-corrected chi connectivity index (χ0v) is 7.57.